The molecule has 0 spiro atoms. The second kappa shape index (κ2) is 8.09. The summed E-state index contributed by atoms with van der Waals surface area (Å²) in [4.78, 5) is 1.80. The van der Waals surface area contributed by atoms with Gasteiger partial charge in [0.2, 0.25) is 10.0 Å². The van der Waals surface area contributed by atoms with E-state index in [1.807, 2.05) is 0 Å². The fourth-order valence-electron chi connectivity index (χ4n) is 4.01. The molecule has 1 aromatic rings. The van der Waals surface area contributed by atoms with Gasteiger partial charge < -0.3 is 4.90 Å². The molecule has 8 heteroatoms. The molecule has 2 fully saturated rings. The van der Waals surface area contributed by atoms with Gasteiger partial charge in [0.05, 0.1) is 10.5 Å². The maximum absolute atomic E-state index is 13.2. The second-order valence-corrected chi connectivity index (χ2v) is 9.73. The van der Waals surface area contributed by atoms with Crippen LogP contribution in [0.1, 0.15) is 38.2 Å². The number of benzene rings is 1. The fourth-order valence-corrected chi connectivity index (χ4v) is 5.69. The summed E-state index contributed by atoms with van der Waals surface area (Å²) < 4.78 is 66.4. The number of sulfonamides is 1. The minimum Gasteiger partial charge on any atom is -0.303 e. The van der Waals surface area contributed by atoms with Crippen molar-refractivity contribution in [2.45, 2.75) is 43.7 Å². The average Bonchev–Trinajstić information content (AvgIpc) is 2.63. The fraction of sp³-hybridized carbons (Fsp3) is 0.684. The van der Waals surface area contributed by atoms with Crippen molar-refractivity contribution in [3.8, 4) is 0 Å². The van der Waals surface area contributed by atoms with Crippen LogP contribution >= 0.6 is 0 Å². The van der Waals surface area contributed by atoms with Crippen LogP contribution in [0, 0.1) is 11.8 Å². The smallest absolute Gasteiger partial charge is 0.303 e. The highest BCUT2D eigenvalue weighted by molar-refractivity contribution is 7.89. The highest BCUT2D eigenvalue weighted by Crippen LogP contribution is 2.36. The van der Waals surface area contributed by atoms with Gasteiger partial charge in [0, 0.05) is 19.6 Å². The molecule has 0 radical (unpaired) electrons. The molecule has 3 rings (SSSR count). The summed E-state index contributed by atoms with van der Waals surface area (Å²) in [5, 5.41) is 0. The lowest BCUT2D eigenvalue weighted by atomic mass is 9.94. The quantitative estimate of drug-likeness (QED) is 0.766. The lowest BCUT2D eigenvalue weighted by Gasteiger charge is -2.37. The average molecular weight is 404 g/mol. The van der Waals surface area contributed by atoms with E-state index in [1.54, 1.807) is 0 Å². The molecule has 2 saturated heterocycles. The van der Waals surface area contributed by atoms with E-state index in [-0.39, 0.29) is 13.1 Å². The number of nitrogens with zero attached hydrogens (tertiary/aromatic N) is 2. The highest BCUT2D eigenvalue weighted by Gasteiger charge is 2.39. The first-order chi connectivity index (χ1) is 12.7. The molecule has 2 heterocycles. The Balaban J connectivity index is 1.64. The minimum absolute atomic E-state index is 0.281. The summed E-state index contributed by atoms with van der Waals surface area (Å²) in [7, 11) is -4.14. The first-order valence-electron chi connectivity index (χ1n) is 9.56. The Hall–Kier alpha value is -1.12. The summed E-state index contributed by atoms with van der Waals surface area (Å²) >= 11 is 0. The molecular formula is C19H27F3N2O2S. The van der Waals surface area contributed by atoms with E-state index in [9.17, 15) is 21.6 Å². The molecule has 27 heavy (non-hydrogen) atoms. The van der Waals surface area contributed by atoms with Crippen molar-refractivity contribution >= 4 is 10.0 Å². The lowest BCUT2D eigenvalue weighted by Crippen LogP contribution is -2.43. The van der Waals surface area contributed by atoms with Crippen molar-refractivity contribution in [1.29, 1.82) is 0 Å². The summed E-state index contributed by atoms with van der Waals surface area (Å²) in [6, 6.07) is 4.44. The van der Waals surface area contributed by atoms with Gasteiger partial charge in [-0.3, -0.25) is 0 Å². The molecule has 1 aromatic carbocycles. The van der Waals surface area contributed by atoms with Crippen LogP contribution in [0.5, 0.6) is 0 Å². The summed E-state index contributed by atoms with van der Waals surface area (Å²) in [6.07, 6.45) is -0.908. The zero-order valence-corrected chi connectivity index (χ0v) is 16.4. The Labute approximate surface area is 159 Å². The van der Waals surface area contributed by atoms with Crippen molar-refractivity contribution in [1.82, 2.24) is 9.21 Å². The molecule has 0 amide bonds. The molecule has 0 aromatic heterocycles. The number of likely N-dealkylation sites (tertiary alicyclic amines) is 1. The number of rotatable bonds is 4. The van der Waals surface area contributed by atoms with E-state index in [0.717, 1.165) is 37.7 Å². The van der Waals surface area contributed by atoms with E-state index in [0.29, 0.717) is 18.8 Å². The predicted molar refractivity (Wildman–Crippen MR) is 97.8 cm³/mol. The van der Waals surface area contributed by atoms with Crippen molar-refractivity contribution in [3.63, 3.8) is 0 Å². The Morgan fingerprint density at radius 2 is 1.59 bits per heavy atom. The van der Waals surface area contributed by atoms with E-state index in [2.05, 4.69) is 11.8 Å². The maximum atomic E-state index is 13.2. The van der Waals surface area contributed by atoms with Gasteiger partial charge in [-0.2, -0.15) is 17.5 Å². The van der Waals surface area contributed by atoms with Crippen LogP contribution in [-0.2, 0) is 16.2 Å². The summed E-state index contributed by atoms with van der Waals surface area (Å²) in [6.45, 7) is 5.95. The number of halogens is 3. The normalized spacial score (nSPS) is 22.2. The van der Waals surface area contributed by atoms with Crippen LogP contribution < -0.4 is 0 Å². The van der Waals surface area contributed by atoms with Gasteiger partial charge in [0.1, 0.15) is 0 Å². The highest BCUT2D eigenvalue weighted by atomic mass is 32.2. The third-order valence-electron chi connectivity index (χ3n) is 5.78. The molecule has 2 aliphatic rings. The number of alkyl halides is 3. The van der Waals surface area contributed by atoms with Gasteiger partial charge >= 0.3 is 6.18 Å². The standard InChI is InChI=1S/C19H27F3N2O2S/c1-15-6-10-23(11-7-15)14-16-8-12-24(13-9-16)27(25,26)18-5-3-2-4-17(18)19(20,21)22/h2-5,15-16H,6-14H2,1H3. The Morgan fingerprint density at radius 1 is 1.00 bits per heavy atom. The molecule has 0 saturated carbocycles. The zero-order valence-electron chi connectivity index (χ0n) is 15.6. The molecule has 0 N–H and O–H groups in total. The van der Waals surface area contributed by atoms with Gasteiger partial charge in [-0.05, 0) is 62.7 Å². The summed E-state index contributed by atoms with van der Waals surface area (Å²) in [5.74, 6) is 1.17. The molecule has 0 aliphatic carbocycles. The first kappa shape index (κ1) is 20.6. The Bertz CT molecular complexity index is 736. The van der Waals surface area contributed by atoms with Crippen LogP contribution in [0.2, 0.25) is 0 Å². The Kier molecular flexibility index (Phi) is 6.17. The van der Waals surface area contributed by atoms with Crippen LogP contribution in [0.3, 0.4) is 0 Å². The molecule has 4 nitrogen and oxygen atoms in total. The van der Waals surface area contributed by atoms with Crippen LogP contribution in [0.15, 0.2) is 29.2 Å². The van der Waals surface area contributed by atoms with Crippen molar-refractivity contribution in [2.75, 3.05) is 32.7 Å². The monoisotopic (exact) mass is 404 g/mol. The van der Waals surface area contributed by atoms with E-state index in [4.69, 9.17) is 0 Å². The van der Waals surface area contributed by atoms with E-state index in [1.165, 1.54) is 29.3 Å². The maximum Gasteiger partial charge on any atom is 0.417 e. The van der Waals surface area contributed by atoms with Gasteiger partial charge in [0.15, 0.2) is 0 Å². The zero-order chi connectivity index (χ0) is 19.7. The van der Waals surface area contributed by atoms with E-state index < -0.39 is 26.7 Å². The SMILES string of the molecule is CC1CCN(CC2CCN(S(=O)(=O)c3ccccc3C(F)(F)F)CC2)CC1. The van der Waals surface area contributed by atoms with Crippen molar-refractivity contribution in [3.05, 3.63) is 29.8 Å². The summed E-state index contributed by atoms with van der Waals surface area (Å²) in [5.41, 5.74) is -1.09. The molecule has 0 unspecified atom stereocenters. The molecule has 152 valence electrons. The van der Waals surface area contributed by atoms with Crippen LogP contribution in [0.25, 0.3) is 0 Å². The second-order valence-electron chi connectivity index (χ2n) is 7.82. The third kappa shape index (κ3) is 4.84. The number of piperidine rings is 2. The largest absolute Gasteiger partial charge is 0.417 e. The Morgan fingerprint density at radius 3 is 2.19 bits per heavy atom. The van der Waals surface area contributed by atoms with E-state index >= 15 is 0 Å². The molecule has 0 atom stereocenters. The third-order valence-corrected chi connectivity index (χ3v) is 7.73. The van der Waals surface area contributed by atoms with Gasteiger partial charge in [-0.15, -0.1) is 0 Å². The van der Waals surface area contributed by atoms with Crippen molar-refractivity contribution < 1.29 is 21.6 Å². The lowest BCUT2D eigenvalue weighted by molar-refractivity contribution is -0.139. The molecule has 2 aliphatic heterocycles. The van der Waals surface area contributed by atoms with Crippen LogP contribution in [-0.4, -0.2) is 50.3 Å². The molecular weight excluding hydrogens is 377 g/mol. The first-order valence-corrected chi connectivity index (χ1v) is 11.0. The van der Waals surface area contributed by atoms with Gasteiger partial charge in [-0.1, -0.05) is 19.1 Å². The van der Waals surface area contributed by atoms with Gasteiger partial charge in [0.25, 0.3) is 0 Å². The van der Waals surface area contributed by atoms with Gasteiger partial charge in [-0.25, -0.2) is 8.42 Å². The van der Waals surface area contributed by atoms with Crippen molar-refractivity contribution in [2.24, 2.45) is 11.8 Å². The number of hydrogen-bond acceptors (Lipinski definition) is 3. The molecule has 0 bridgehead atoms. The van der Waals surface area contributed by atoms with Crippen LogP contribution in [0.4, 0.5) is 13.2 Å². The predicted octanol–water partition coefficient (Wildman–Crippen LogP) is 3.84. The minimum atomic E-state index is -4.69. The number of hydrogen-bond donors (Lipinski definition) is 0. The topological polar surface area (TPSA) is 40.6 Å².